The summed E-state index contributed by atoms with van der Waals surface area (Å²) in [6.45, 7) is 0.998. The van der Waals surface area contributed by atoms with Crippen molar-refractivity contribution in [3.63, 3.8) is 0 Å². The number of carbonyl (C=O) groups is 1. The number of carboxylic acid groups (broad SMARTS) is 1. The second-order valence-corrected chi connectivity index (χ2v) is 6.93. The summed E-state index contributed by atoms with van der Waals surface area (Å²) in [6, 6.07) is 4.27. The zero-order chi connectivity index (χ0) is 17.2. The molecule has 1 aliphatic carbocycles. The van der Waals surface area contributed by atoms with E-state index in [1.807, 2.05) is 0 Å². The molecule has 0 amide bonds. The lowest BCUT2D eigenvalue weighted by molar-refractivity contribution is -0.137. The van der Waals surface area contributed by atoms with Gasteiger partial charge in [-0.25, -0.2) is 4.98 Å². The highest BCUT2D eigenvalue weighted by Crippen LogP contribution is 2.48. The fourth-order valence-electron chi connectivity index (χ4n) is 3.45. The van der Waals surface area contributed by atoms with Crippen molar-refractivity contribution in [2.24, 2.45) is 5.92 Å². The molecule has 2 aromatic heterocycles. The number of aliphatic carboxylic acids is 1. The largest absolute Gasteiger partial charge is 0.481 e. The molecule has 7 nitrogen and oxygen atoms in total. The van der Waals surface area contributed by atoms with Crippen LogP contribution in [0.2, 0.25) is 0 Å². The number of aryl methyl sites for hydroxylation is 3. The molecule has 25 heavy (non-hydrogen) atoms. The molecule has 1 fully saturated rings. The summed E-state index contributed by atoms with van der Waals surface area (Å²) in [5.41, 5.74) is 2.38. The molecule has 0 bridgehead atoms. The Labute approximate surface area is 145 Å². The lowest BCUT2D eigenvalue weighted by atomic mass is 10.1. The first-order valence-electron chi connectivity index (χ1n) is 8.96. The molecule has 0 aromatic carbocycles. The van der Waals surface area contributed by atoms with Gasteiger partial charge in [-0.1, -0.05) is 6.07 Å². The minimum atomic E-state index is -0.765. The van der Waals surface area contributed by atoms with Crippen LogP contribution in [0.5, 0.6) is 0 Å². The van der Waals surface area contributed by atoms with E-state index in [0.29, 0.717) is 11.8 Å². The number of fused-ring (bicyclic) bond motifs is 1. The van der Waals surface area contributed by atoms with Crippen LogP contribution in [0.25, 0.3) is 0 Å². The number of aromatic nitrogens is 3. The van der Waals surface area contributed by atoms with Crippen molar-refractivity contribution >= 4 is 11.8 Å². The molecule has 2 aliphatic rings. The van der Waals surface area contributed by atoms with Gasteiger partial charge in [0.25, 0.3) is 0 Å². The SMILES string of the molecule is O=C(O)CC1CC1c1nnc(CCCc2ccc3c(n2)NCCC3)o1. The molecular weight excluding hydrogens is 320 g/mol. The van der Waals surface area contributed by atoms with Gasteiger partial charge in [-0.3, -0.25) is 4.79 Å². The topological polar surface area (TPSA) is 101 Å². The van der Waals surface area contributed by atoms with Crippen LogP contribution in [-0.4, -0.2) is 32.8 Å². The third-order valence-corrected chi connectivity index (χ3v) is 4.93. The van der Waals surface area contributed by atoms with Gasteiger partial charge in [-0.05, 0) is 49.7 Å². The summed E-state index contributed by atoms with van der Waals surface area (Å²) in [7, 11) is 0. The van der Waals surface area contributed by atoms with Gasteiger partial charge in [0.15, 0.2) is 0 Å². The number of carboxylic acids is 1. The molecule has 0 saturated heterocycles. The first-order chi connectivity index (χ1) is 12.2. The van der Waals surface area contributed by atoms with E-state index in [1.165, 1.54) is 12.0 Å². The zero-order valence-corrected chi connectivity index (χ0v) is 14.1. The van der Waals surface area contributed by atoms with Gasteiger partial charge < -0.3 is 14.8 Å². The molecule has 4 rings (SSSR count). The molecule has 7 heteroatoms. The van der Waals surface area contributed by atoms with Crippen molar-refractivity contribution in [3.05, 3.63) is 35.2 Å². The smallest absolute Gasteiger partial charge is 0.303 e. The van der Waals surface area contributed by atoms with Gasteiger partial charge >= 0.3 is 5.97 Å². The van der Waals surface area contributed by atoms with Gasteiger partial charge in [0, 0.05) is 31.0 Å². The highest BCUT2D eigenvalue weighted by atomic mass is 16.4. The minimum absolute atomic E-state index is 0.130. The van der Waals surface area contributed by atoms with Crippen molar-refractivity contribution < 1.29 is 14.3 Å². The number of nitrogens with zero attached hydrogens (tertiary/aromatic N) is 3. The summed E-state index contributed by atoms with van der Waals surface area (Å²) in [6.07, 6.45) is 5.77. The van der Waals surface area contributed by atoms with Gasteiger partial charge in [-0.2, -0.15) is 0 Å². The van der Waals surface area contributed by atoms with Crippen molar-refractivity contribution in [1.82, 2.24) is 15.2 Å². The minimum Gasteiger partial charge on any atom is -0.481 e. The van der Waals surface area contributed by atoms with Crippen molar-refractivity contribution in [3.8, 4) is 0 Å². The summed E-state index contributed by atoms with van der Waals surface area (Å²) >= 11 is 0. The fourth-order valence-corrected chi connectivity index (χ4v) is 3.45. The van der Waals surface area contributed by atoms with E-state index in [9.17, 15) is 4.79 Å². The monoisotopic (exact) mass is 342 g/mol. The van der Waals surface area contributed by atoms with E-state index < -0.39 is 5.97 Å². The van der Waals surface area contributed by atoms with E-state index in [4.69, 9.17) is 14.5 Å². The Morgan fingerprint density at radius 3 is 3.12 bits per heavy atom. The Morgan fingerprint density at radius 2 is 2.24 bits per heavy atom. The fraction of sp³-hybridized carbons (Fsp3) is 0.556. The first-order valence-corrected chi connectivity index (χ1v) is 8.96. The standard InChI is InChI=1S/C18H22N4O3/c23-16(24)10-12-9-14(12)18-22-21-15(25-18)5-1-4-13-7-6-11-3-2-8-19-17(11)20-13/h6-7,12,14H,1-5,8-10H2,(H,19,20)(H,23,24). The Bertz CT molecular complexity index is 773. The van der Waals surface area contributed by atoms with E-state index in [-0.39, 0.29) is 18.3 Å². The summed E-state index contributed by atoms with van der Waals surface area (Å²) in [5, 5.41) is 20.4. The lowest BCUT2D eigenvalue weighted by Crippen LogP contribution is -2.14. The quantitative estimate of drug-likeness (QED) is 0.797. The predicted molar refractivity (Wildman–Crippen MR) is 90.5 cm³/mol. The normalized spacial score (nSPS) is 21.4. The molecule has 2 unspecified atom stereocenters. The lowest BCUT2D eigenvalue weighted by Gasteiger charge is -2.17. The first kappa shape index (κ1) is 16.1. The van der Waals surface area contributed by atoms with E-state index in [1.54, 1.807) is 0 Å². The van der Waals surface area contributed by atoms with Gasteiger partial charge in [0.1, 0.15) is 5.82 Å². The molecule has 3 heterocycles. The molecule has 1 aliphatic heterocycles. The Kier molecular flexibility index (Phi) is 4.38. The summed E-state index contributed by atoms with van der Waals surface area (Å²) < 4.78 is 5.70. The molecule has 2 atom stereocenters. The van der Waals surface area contributed by atoms with Crippen LogP contribution in [-0.2, 0) is 24.1 Å². The molecule has 2 aromatic rings. The average Bonchev–Trinajstić information content (AvgIpc) is 3.19. The number of hydrogen-bond acceptors (Lipinski definition) is 6. The van der Waals surface area contributed by atoms with Gasteiger partial charge in [-0.15, -0.1) is 10.2 Å². The number of pyridine rings is 1. The Hall–Kier alpha value is -2.44. The molecule has 2 N–H and O–H groups in total. The Balaban J connectivity index is 1.27. The average molecular weight is 342 g/mol. The third-order valence-electron chi connectivity index (χ3n) is 4.93. The zero-order valence-electron chi connectivity index (χ0n) is 14.1. The van der Waals surface area contributed by atoms with Crippen molar-refractivity contribution in [1.29, 1.82) is 0 Å². The number of rotatable bonds is 7. The maximum absolute atomic E-state index is 10.7. The highest BCUT2D eigenvalue weighted by Gasteiger charge is 2.43. The molecule has 1 saturated carbocycles. The second kappa shape index (κ2) is 6.82. The van der Waals surface area contributed by atoms with Crippen LogP contribution in [0.3, 0.4) is 0 Å². The van der Waals surface area contributed by atoms with Crippen molar-refractivity contribution in [2.75, 3.05) is 11.9 Å². The maximum atomic E-state index is 10.7. The highest BCUT2D eigenvalue weighted by molar-refractivity contribution is 5.67. The van der Waals surface area contributed by atoms with Crippen LogP contribution in [0, 0.1) is 5.92 Å². The number of nitrogens with one attached hydrogen (secondary N) is 1. The van der Waals surface area contributed by atoms with Gasteiger partial charge in [0.05, 0.1) is 0 Å². The van der Waals surface area contributed by atoms with E-state index >= 15 is 0 Å². The second-order valence-electron chi connectivity index (χ2n) is 6.93. The van der Waals surface area contributed by atoms with Crippen molar-refractivity contribution in [2.45, 2.75) is 50.9 Å². The molecular formula is C18H22N4O3. The molecule has 0 radical (unpaired) electrons. The van der Waals surface area contributed by atoms with Crippen LogP contribution < -0.4 is 5.32 Å². The molecule has 132 valence electrons. The van der Waals surface area contributed by atoms with Crippen LogP contribution in [0.4, 0.5) is 5.82 Å². The van der Waals surface area contributed by atoms with Gasteiger partial charge in [0.2, 0.25) is 11.8 Å². The Morgan fingerprint density at radius 1 is 1.32 bits per heavy atom. The van der Waals surface area contributed by atoms with E-state index in [2.05, 4.69) is 27.6 Å². The molecule has 0 spiro atoms. The predicted octanol–water partition coefficient (Wildman–Crippen LogP) is 2.58. The van der Waals surface area contributed by atoms with E-state index in [0.717, 1.165) is 50.2 Å². The third kappa shape index (κ3) is 3.81. The maximum Gasteiger partial charge on any atom is 0.303 e. The van der Waals surface area contributed by atoms with Crippen LogP contribution in [0.15, 0.2) is 16.5 Å². The summed E-state index contributed by atoms with van der Waals surface area (Å²) in [5.74, 6) is 1.77. The van der Waals surface area contributed by atoms with Crippen LogP contribution >= 0.6 is 0 Å². The number of hydrogen-bond donors (Lipinski definition) is 2. The summed E-state index contributed by atoms with van der Waals surface area (Å²) in [4.78, 5) is 15.4. The van der Waals surface area contributed by atoms with Crippen LogP contribution in [0.1, 0.15) is 54.6 Å². The number of anilines is 1.